The molecule has 0 amide bonds. The first kappa shape index (κ1) is 9.60. The minimum Gasteiger partial charge on any atom is -0.566 e. The highest BCUT2D eigenvalue weighted by molar-refractivity contribution is 6.51. The van der Waals surface area contributed by atoms with Crippen molar-refractivity contribution in [2.45, 2.75) is 39.3 Å². The Bertz CT molecular complexity index is 77.3. The van der Waals surface area contributed by atoms with Gasteiger partial charge in [0.1, 0.15) is 0 Å². The van der Waals surface area contributed by atoms with Crippen LogP contribution >= 0.6 is 0 Å². The Morgan fingerprint density at radius 3 is 2.10 bits per heavy atom. The van der Waals surface area contributed by atoms with Crippen LogP contribution in [0.15, 0.2) is 12.8 Å². The van der Waals surface area contributed by atoms with Crippen LogP contribution < -0.4 is 0 Å². The fourth-order valence-electron chi connectivity index (χ4n) is 1.06. The van der Waals surface area contributed by atoms with Gasteiger partial charge in [0.05, 0.1) is 6.26 Å². The number of hydrogen-bond acceptors (Lipinski definition) is 1. The summed E-state index contributed by atoms with van der Waals surface area (Å²) in [4.78, 5) is 0. The summed E-state index contributed by atoms with van der Waals surface area (Å²) in [5.41, 5.74) is 0. The van der Waals surface area contributed by atoms with E-state index in [1.54, 1.807) is 6.26 Å². The van der Waals surface area contributed by atoms with E-state index in [4.69, 9.17) is 4.65 Å². The van der Waals surface area contributed by atoms with Gasteiger partial charge in [0, 0.05) is 0 Å². The van der Waals surface area contributed by atoms with E-state index >= 15 is 0 Å². The molecule has 0 aliphatic carbocycles. The summed E-state index contributed by atoms with van der Waals surface area (Å²) in [7, 11) is 0. The third kappa shape index (κ3) is 4.48. The molecule has 2 heteroatoms. The summed E-state index contributed by atoms with van der Waals surface area (Å²) in [6, 6.07) is 0. The second-order valence-corrected chi connectivity index (χ2v) is 2.50. The first-order chi connectivity index (χ1) is 4.85. The molecule has 0 spiro atoms. The molecule has 1 nitrogen and oxygen atoms in total. The molecule has 0 saturated carbocycles. The van der Waals surface area contributed by atoms with Crippen molar-refractivity contribution in [3.63, 3.8) is 0 Å². The van der Waals surface area contributed by atoms with E-state index in [0.29, 0.717) is 6.92 Å². The Labute approximate surface area is 64.6 Å². The van der Waals surface area contributed by atoms with E-state index < -0.39 is 0 Å². The smallest absolute Gasteiger partial charge is 0.356 e. The molecule has 0 aromatic carbocycles. The molecule has 0 unspecified atom stereocenters. The Morgan fingerprint density at radius 2 is 1.80 bits per heavy atom. The normalized spacial score (nSPS) is 9.00. The van der Waals surface area contributed by atoms with E-state index in [1.807, 2.05) is 0 Å². The topological polar surface area (TPSA) is 9.23 Å². The van der Waals surface area contributed by atoms with Crippen molar-refractivity contribution in [3.05, 3.63) is 12.8 Å². The minimum atomic E-state index is 0.410. The van der Waals surface area contributed by atoms with E-state index in [9.17, 15) is 0 Å². The van der Waals surface area contributed by atoms with Crippen molar-refractivity contribution in [1.82, 2.24) is 0 Å². The van der Waals surface area contributed by atoms with Crippen LogP contribution in [0.1, 0.15) is 26.7 Å². The van der Waals surface area contributed by atoms with Crippen molar-refractivity contribution < 1.29 is 4.65 Å². The average Bonchev–Trinajstić information content (AvgIpc) is 1.90. The van der Waals surface area contributed by atoms with Gasteiger partial charge in [-0.3, -0.25) is 0 Å². The molecule has 58 valence electrons. The van der Waals surface area contributed by atoms with Gasteiger partial charge in [-0.15, -0.1) is 0 Å². The Morgan fingerprint density at radius 1 is 1.30 bits per heavy atom. The predicted molar refractivity (Wildman–Crippen MR) is 47.2 cm³/mol. The zero-order chi connectivity index (χ0) is 7.82. The van der Waals surface area contributed by atoms with Crippen LogP contribution in [0.4, 0.5) is 0 Å². The third-order valence-corrected chi connectivity index (χ3v) is 1.51. The lowest BCUT2D eigenvalue weighted by Gasteiger charge is -2.08. The van der Waals surface area contributed by atoms with Gasteiger partial charge in [0.2, 0.25) is 0 Å². The molecule has 0 atom stereocenters. The summed E-state index contributed by atoms with van der Waals surface area (Å²) in [5.74, 6) is 0. The predicted octanol–water partition coefficient (Wildman–Crippen LogP) is 2.96. The Kier molecular flexibility index (Phi) is 6.46. The summed E-state index contributed by atoms with van der Waals surface area (Å²) >= 11 is 0. The largest absolute Gasteiger partial charge is 0.566 e. The fourth-order valence-corrected chi connectivity index (χ4v) is 1.06. The third-order valence-electron chi connectivity index (χ3n) is 1.51. The van der Waals surface area contributed by atoms with Crippen molar-refractivity contribution in [2.24, 2.45) is 0 Å². The van der Waals surface area contributed by atoms with Crippen LogP contribution in [-0.2, 0) is 4.65 Å². The van der Waals surface area contributed by atoms with Crippen LogP contribution in [0.5, 0.6) is 0 Å². The zero-order valence-corrected chi connectivity index (χ0v) is 7.10. The summed E-state index contributed by atoms with van der Waals surface area (Å²) < 4.78 is 5.29. The van der Waals surface area contributed by atoms with Crippen molar-refractivity contribution in [2.75, 3.05) is 0 Å². The van der Waals surface area contributed by atoms with Crippen LogP contribution in [0.2, 0.25) is 12.6 Å². The van der Waals surface area contributed by atoms with Crippen molar-refractivity contribution in [1.29, 1.82) is 0 Å². The lowest BCUT2D eigenvalue weighted by atomic mass is 9.60. The molecule has 0 heterocycles. The quantitative estimate of drug-likeness (QED) is 0.407. The zero-order valence-electron chi connectivity index (χ0n) is 7.10. The molecule has 0 N–H and O–H groups in total. The maximum Gasteiger partial charge on any atom is 0.356 e. The molecule has 0 saturated heterocycles. The fraction of sp³-hybridized carbons (Fsp3) is 0.750. The first-order valence-corrected chi connectivity index (χ1v) is 4.11. The second kappa shape index (κ2) is 6.72. The van der Waals surface area contributed by atoms with Gasteiger partial charge in [-0.1, -0.05) is 33.3 Å². The molecule has 0 radical (unpaired) electrons. The Hall–Kier alpha value is -0.395. The molecular weight excluding hydrogens is 123 g/mol. The molecule has 0 aromatic rings. The van der Waals surface area contributed by atoms with Gasteiger partial charge in [-0.2, -0.15) is 0 Å². The molecule has 0 bridgehead atoms. The Balaban J connectivity index is 3.38. The maximum absolute atomic E-state index is 5.29. The van der Waals surface area contributed by atoms with E-state index in [-0.39, 0.29) is 0 Å². The minimum absolute atomic E-state index is 0.410. The first-order valence-electron chi connectivity index (χ1n) is 4.11. The molecule has 10 heavy (non-hydrogen) atoms. The van der Waals surface area contributed by atoms with Gasteiger partial charge in [-0.25, -0.2) is 0 Å². The average molecular weight is 140 g/mol. The molecule has 0 fully saturated rings. The highest BCUT2D eigenvalue weighted by Crippen LogP contribution is 2.06. The van der Waals surface area contributed by atoms with Crippen LogP contribution in [0, 0.1) is 0 Å². The summed E-state index contributed by atoms with van der Waals surface area (Å²) in [6.07, 6.45) is 6.24. The molecule has 0 aliphatic heterocycles. The monoisotopic (exact) mass is 140 g/mol. The van der Waals surface area contributed by atoms with Crippen LogP contribution in [0.25, 0.3) is 0 Å². The van der Waals surface area contributed by atoms with E-state index in [1.165, 1.54) is 12.8 Å². The molecule has 0 aromatic heterocycles. The molecule has 0 aliphatic rings. The van der Waals surface area contributed by atoms with Crippen molar-refractivity contribution in [3.8, 4) is 0 Å². The van der Waals surface area contributed by atoms with Gasteiger partial charge in [0.15, 0.2) is 0 Å². The van der Waals surface area contributed by atoms with Gasteiger partial charge in [0.25, 0.3) is 0 Å². The molecule has 0 rings (SSSR count). The van der Waals surface area contributed by atoms with E-state index in [0.717, 1.165) is 12.6 Å². The van der Waals surface area contributed by atoms with Gasteiger partial charge < -0.3 is 4.65 Å². The van der Waals surface area contributed by atoms with Gasteiger partial charge in [-0.05, 0) is 12.6 Å². The molecular formula is C8H17BO. The number of hydrogen-bond donors (Lipinski definition) is 0. The highest BCUT2D eigenvalue weighted by atomic mass is 16.4. The highest BCUT2D eigenvalue weighted by Gasteiger charge is 2.11. The summed E-state index contributed by atoms with van der Waals surface area (Å²) in [5, 5.41) is 0. The SMILES string of the molecule is C=COB(CCC)CCC. The second-order valence-electron chi connectivity index (χ2n) is 2.50. The standard InChI is InChI=1S/C8H17BO/c1-4-7-9(8-5-2)10-6-3/h6H,3-5,7-8H2,1-2H3. The maximum atomic E-state index is 5.29. The van der Waals surface area contributed by atoms with Gasteiger partial charge >= 0.3 is 6.92 Å². The lowest BCUT2D eigenvalue weighted by molar-refractivity contribution is 0.485. The van der Waals surface area contributed by atoms with Crippen molar-refractivity contribution >= 4 is 6.92 Å². The van der Waals surface area contributed by atoms with E-state index in [2.05, 4.69) is 20.4 Å². The number of rotatable bonds is 6. The van der Waals surface area contributed by atoms with Crippen LogP contribution in [-0.4, -0.2) is 6.92 Å². The summed E-state index contributed by atoms with van der Waals surface area (Å²) in [6.45, 7) is 8.30. The lowest BCUT2D eigenvalue weighted by Crippen LogP contribution is -2.13. The van der Waals surface area contributed by atoms with Crippen LogP contribution in [0.3, 0.4) is 0 Å².